The van der Waals surface area contributed by atoms with Crippen LogP contribution in [-0.4, -0.2) is 13.1 Å². The summed E-state index contributed by atoms with van der Waals surface area (Å²) >= 11 is 0. The van der Waals surface area contributed by atoms with Crippen LogP contribution in [0.3, 0.4) is 0 Å². The zero-order valence-corrected chi connectivity index (χ0v) is 9.90. The molecule has 0 unspecified atom stereocenters. The van der Waals surface area contributed by atoms with E-state index in [4.69, 9.17) is 0 Å². The fourth-order valence-electron chi connectivity index (χ4n) is 2.62. The Hall–Kier alpha value is -1.31. The molecule has 2 rings (SSSR count). The van der Waals surface area contributed by atoms with E-state index in [9.17, 15) is 4.79 Å². The highest BCUT2D eigenvalue weighted by molar-refractivity contribution is 5.89. The van der Waals surface area contributed by atoms with Gasteiger partial charge in [-0.1, -0.05) is 31.9 Å². The van der Waals surface area contributed by atoms with Gasteiger partial charge >= 0.3 is 5.97 Å². The molecule has 2 nitrogen and oxygen atoms in total. The Morgan fingerprint density at radius 2 is 1.94 bits per heavy atom. The Morgan fingerprint density at radius 1 is 1.25 bits per heavy atom. The Bertz CT molecular complexity index is 367. The lowest BCUT2D eigenvalue weighted by Crippen LogP contribution is -2.04. The SMILES string of the molecule is COC(=O)c1ccc([C@H]2CCC[C@@H]2C)cc1. The number of rotatable bonds is 2. The molecule has 0 bridgehead atoms. The lowest BCUT2D eigenvalue weighted by molar-refractivity contribution is 0.0600. The Balaban J connectivity index is 2.16. The summed E-state index contributed by atoms with van der Waals surface area (Å²) in [5.74, 6) is 1.18. The van der Waals surface area contributed by atoms with E-state index in [1.165, 1.54) is 31.9 Å². The average Bonchev–Trinajstić information content (AvgIpc) is 2.75. The summed E-state index contributed by atoms with van der Waals surface area (Å²) in [5.41, 5.74) is 1.99. The minimum absolute atomic E-state index is 0.258. The molecule has 0 amide bonds. The van der Waals surface area contributed by atoms with Gasteiger partial charge in [0.1, 0.15) is 0 Å². The van der Waals surface area contributed by atoms with E-state index in [2.05, 4.69) is 23.8 Å². The van der Waals surface area contributed by atoms with Crippen molar-refractivity contribution in [3.8, 4) is 0 Å². The summed E-state index contributed by atoms with van der Waals surface area (Å²) in [4.78, 5) is 11.3. The van der Waals surface area contributed by atoms with Crippen molar-refractivity contribution in [2.75, 3.05) is 7.11 Å². The summed E-state index contributed by atoms with van der Waals surface area (Å²) in [6.45, 7) is 2.31. The van der Waals surface area contributed by atoms with E-state index in [1.54, 1.807) is 0 Å². The zero-order chi connectivity index (χ0) is 11.5. The molecule has 86 valence electrons. The number of carbonyl (C=O) groups excluding carboxylic acids is 1. The highest BCUT2D eigenvalue weighted by Gasteiger charge is 2.24. The summed E-state index contributed by atoms with van der Waals surface area (Å²) in [5, 5.41) is 0. The standard InChI is InChI=1S/C14H18O2/c1-10-4-3-5-13(10)11-6-8-12(9-7-11)14(15)16-2/h6-10,13H,3-5H2,1-2H3/t10-,13-/m0/s1. The summed E-state index contributed by atoms with van der Waals surface area (Å²) in [7, 11) is 1.41. The quantitative estimate of drug-likeness (QED) is 0.711. The molecule has 2 atom stereocenters. The number of carbonyl (C=O) groups is 1. The average molecular weight is 218 g/mol. The maximum atomic E-state index is 11.3. The molecule has 1 aliphatic carbocycles. The Labute approximate surface area is 96.6 Å². The molecule has 0 N–H and O–H groups in total. The highest BCUT2D eigenvalue weighted by atomic mass is 16.5. The van der Waals surface area contributed by atoms with Crippen LogP contribution in [-0.2, 0) is 4.74 Å². The predicted octanol–water partition coefficient (Wildman–Crippen LogP) is 3.38. The first-order chi connectivity index (χ1) is 7.72. The second-order valence-corrected chi connectivity index (χ2v) is 4.63. The number of hydrogen-bond acceptors (Lipinski definition) is 2. The predicted molar refractivity (Wildman–Crippen MR) is 63.5 cm³/mol. The summed E-state index contributed by atoms with van der Waals surface area (Å²) in [6, 6.07) is 7.87. The van der Waals surface area contributed by atoms with Crippen molar-refractivity contribution in [2.24, 2.45) is 5.92 Å². The van der Waals surface area contributed by atoms with Crippen molar-refractivity contribution < 1.29 is 9.53 Å². The lowest BCUT2D eigenvalue weighted by Gasteiger charge is -2.15. The van der Waals surface area contributed by atoms with Gasteiger partial charge in [0.2, 0.25) is 0 Å². The number of hydrogen-bond donors (Lipinski definition) is 0. The van der Waals surface area contributed by atoms with E-state index < -0.39 is 0 Å². The van der Waals surface area contributed by atoms with Crippen molar-refractivity contribution >= 4 is 5.97 Å². The normalized spacial score (nSPS) is 24.4. The zero-order valence-electron chi connectivity index (χ0n) is 9.90. The number of esters is 1. The largest absolute Gasteiger partial charge is 0.465 e. The molecule has 0 spiro atoms. The van der Waals surface area contributed by atoms with Crippen molar-refractivity contribution in [1.82, 2.24) is 0 Å². The minimum atomic E-state index is -0.258. The van der Waals surface area contributed by atoms with Crippen LogP contribution < -0.4 is 0 Å². The maximum absolute atomic E-state index is 11.3. The molecule has 0 heterocycles. The van der Waals surface area contributed by atoms with Crippen LogP contribution in [0, 0.1) is 5.92 Å². The van der Waals surface area contributed by atoms with Crippen LogP contribution in [0.5, 0.6) is 0 Å². The molecular formula is C14H18O2. The van der Waals surface area contributed by atoms with Crippen molar-refractivity contribution in [1.29, 1.82) is 0 Å². The van der Waals surface area contributed by atoms with E-state index in [-0.39, 0.29) is 5.97 Å². The van der Waals surface area contributed by atoms with Gasteiger partial charge in [-0.15, -0.1) is 0 Å². The van der Waals surface area contributed by atoms with Crippen LogP contribution in [0.25, 0.3) is 0 Å². The first-order valence-electron chi connectivity index (χ1n) is 5.90. The molecule has 0 radical (unpaired) electrons. The lowest BCUT2D eigenvalue weighted by atomic mass is 9.90. The molecule has 1 aliphatic rings. The summed E-state index contributed by atoms with van der Waals surface area (Å²) < 4.78 is 4.68. The molecule has 1 aromatic carbocycles. The fourth-order valence-corrected chi connectivity index (χ4v) is 2.62. The molecule has 2 heteroatoms. The molecule has 1 aromatic rings. The van der Waals surface area contributed by atoms with Crippen LogP contribution in [0.2, 0.25) is 0 Å². The van der Waals surface area contributed by atoms with Gasteiger partial charge in [0.05, 0.1) is 12.7 Å². The second-order valence-electron chi connectivity index (χ2n) is 4.63. The van der Waals surface area contributed by atoms with Gasteiger partial charge < -0.3 is 4.74 Å². The Kier molecular flexibility index (Phi) is 3.28. The third kappa shape index (κ3) is 2.11. The number of ether oxygens (including phenoxy) is 1. The van der Waals surface area contributed by atoms with E-state index in [0.29, 0.717) is 11.5 Å². The van der Waals surface area contributed by atoms with Gasteiger partial charge in [0, 0.05) is 0 Å². The van der Waals surface area contributed by atoms with Crippen molar-refractivity contribution in [3.63, 3.8) is 0 Å². The monoisotopic (exact) mass is 218 g/mol. The van der Waals surface area contributed by atoms with Gasteiger partial charge in [-0.3, -0.25) is 0 Å². The molecule has 1 fully saturated rings. The van der Waals surface area contributed by atoms with Gasteiger partial charge in [-0.05, 0) is 36.0 Å². The third-order valence-electron chi connectivity index (χ3n) is 3.62. The topological polar surface area (TPSA) is 26.3 Å². The van der Waals surface area contributed by atoms with Crippen LogP contribution >= 0.6 is 0 Å². The highest BCUT2D eigenvalue weighted by Crippen LogP contribution is 2.39. The molecule has 16 heavy (non-hydrogen) atoms. The van der Waals surface area contributed by atoms with Gasteiger partial charge in [-0.2, -0.15) is 0 Å². The third-order valence-corrected chi connectivity index (χ3v) is 3.62. The maximum Gasteiger partial charge on any atom is 0.337 e. The van der Waals surface area contributed by atoms with E-state index >= 15 is 0 Å². The van der Waals surface area contributed by atoms with Crippen LogP contribution in [0.1, 0.15) is 48.0 Å². The summed E-state index contributed by atoms with van der Waals surface area (Å²) in [6.07, 6.45) is 3.92. The van der Waals surface area contributed by atoms with Gasteiger partial charge in [-0.25, -0.2) is 4.79 Å². The first kappa shape index (κ1) is 11.2. The number of methoxy groups -OCH3 is 1. The minimum Gasteiger partial charge on any atom is -0.465 e. The molecule has 0 saturated heterocycles. The van der Waals surface area contributed by atoms with E-state index in [0.717, 1.165) is 5.92 Å². The fraction of sp³-hybridized carbons (Fsp3) is 0.500. The number of benzene rings is 1. The molecular weight excluding hydrogens is 200 g/mol. The van der Waals surface area contributed by atoms with Gasteiger partial charge in [0.25, 0.3) is 0 Å². The molecule has 1 saturated carbocycles. The molecule has 0 aliphatic heterocycles. The second kappa shape index (κ2) is 4.69. The molecule has 0 aromatic heterocycles. The van der Waals surface area contributed by atoms with Crippen LogP contribution in [0.15, 0.2) is 24.3 Å². The van der Waals surface area contributed by atoms with Crippen molar-refractivity contribution in [2.45, 2.75) is 32.1 Å². The van der Waals surface area contributed by atoms with Gasteiger partial charge in [0.15, 0.2) is 0 Å². The van der Waals surface area contributed by atoms with E-state index in [1.807, 2.05) is 12.1 Å². The Morgan fingerprint density at radius 3 is 2.44 bits per heavy atom. The van der Waals surface area contributed by atoms with Crippen molar-refractivity contribution in [3.05, 3.63) is 35.4 Å². The van der Waals surface area contributed by atoms with Crippen LogP contribution in [0.4, 0.5) is 0 Å². The first-order valence-corrected chi connectivity index (χ1v) is 5.90. The smallest absolute Gasteiger partial charge is 0.337 e.